The first-order chi connectivity index (χ1) is 15.3. The predicted molar refractivity (Wildman–Crippen MR) is 146 cm³/mol. The lowest BCUT2D eigenvalue weighted by Gasteiger charge is -2.28. The Balaban J connectivity index is 0.00000289. The summed E-state index contributed by atoms with van der Waals surface area (Å²) in [5, 5.41) is 4.24. The van der Waals surface area contributed by atoms with Gasteiger partial charge in [-0.1, -0.05) is 80.1 Å². The van der Waals surface area contributed by atoms with Crippen molar-refractivity contribution >= 4 is 40.2 Å². The van der Waals surface area contributed by atoms with E-state index in [0.717, 1.165) is 31.4 Å². The first-order valence-corrected chi connectivity index (χ1v) is 13.1. The fourth-order valence-electron chi connectivity index (χ4n) is 4.07. The van der Waals surface area contributed by atoms with E-state index >= 15 is 0 Å². The highest BCUT2D eigenvalue weighted by Crippen LogP contribution is 2.58. The molecule has 4 aromatic rings. The summed E-state index contributed by atoms with van der Waals surface area (Å²) in [6, 6.07) is 41.9. The molecule has 0 atom stereocenters. The zero-order valence-corrected chi connectivity index (χ0v) is 21.2. The summed E-state index contributed by atoms with van der Waals surface area (Å²) in [4.78, 5) is 0. The van der Waals surface area contributed by atoms with Crippen LogP contribution in [0.4, 0.5) is 0 Å². The molecule has 0 radical (unpaired) electrons. The maximum Gasteiger partial charge on any atom is 0.119 e. The van der Waals surface area contributed by atoms with Crippen molar-refractivity contribution in [2.24, 2.45) is 0 Å². The SMILES string of the molecule is Br.CCCCOc1ccc(C[P+](c2ccccc2)(c2ccccc2)c2ccccc2)cc1. The zero-order chi connectivity index (χ0) is 21.4. The summed E-state index contributed by atoms with van der Waals surface area (Å²) in [5.74, 6) is 0.959. The van der Waals surface area contributed by atoms with E-state index in [-0.39, 0.29) is 17.0 Å². The van der Waals surface area contributed by atoms with E-state index in [1.54, 1.807) is 0 Å². The molecule has 0 unspecified atom stereocenters. The molecule has 0 saturated heterocycles. The van der Waals surface area contributed by atoms with Crippen molar-refractivity contribution in [2.75, 3.05) is 6.61 Å². The Morgan fingerprint density at radius 1 is 0.594 bits per heavy atom. The molecular weight excluding hydrogens is 475 g/mol. The standard InChI is InChI=1S/C29H30OP.BrH/c1-2-3-23-30-26-21-19-25(20-22-26)24-31(27-13-7-4-8-14-27,28-15-9-5-10-16-28)29-17-11-6-12-18-29;/h4-22H,2-3,23-24H2,1H3;1H/q+1;. The third kappa shape index (κ3) is 5.49. The lowest BCUT2D eigenvalue weighted by atomic mass is 10.2. The normalized spacial score (nSPS) is 10.9. The van der Waals surface area contributed by atoms with Crippen LogP contribution in [0.3, 0.4) is 0 Å². The van der Waals surface area contributed by atoms with E-state index in [1.165, 1.54) is 21.5 Å². The van der Waals surface area contributed by atoms with Gasteiger partial charge in [-0.25, -0.2) is 0 Å². The molecule has 3 heteroatoms. The molecule has 0 aromatic heterocycles. The van der Waals surface area contributed by atoms with Crippen LogP contribution in [-0.2, 0) is 6.16 Å². The van der Waals surface area contributed by atoms with Crippen molar-refractivity contribution in [3.8, 4) is 5.75 Å². The van der Waals surface area contributed by atoms with Gasteiger partial charge < -0.3 is 4.74 Å². The Morgan fingerprint density at radius 2 is 1.03 bits per heavy atom. The van der Waals surface area contributed by atoms with Crippen molar-refractivity contribution in [3.63, 3.8) is 0 Å². The van der Waals surface area contributed by atoms with Crippen LogP contribution in [0.25, 0.3) is 0 Å². The van der Waals surface area contributed by atoms with Gasteiger partial charge >= 0.3 is 0 Å². The van der Waals surface area contributed by atoms with Gasteiger partial charge in [-0.15, -0.1) is 17.0 Å². The van der Waals surface area contributed by atoms with Gasteiger partial charge in [0.05, 0.1) is 12.8 Å². The van der Waals surface area contributed by atoms with Crippen LogP contribution in [0.5, 0.6) is 5.75 Å². The van der Waals surface area contributed by atoms with Crippen molar-refractivity contribution in [1.82, 2.24) is 0 Å². The van der Waals surface area contributed by atoms with Crippen molar-refractivity contribution in [2.45, 2.75) is 25.9 Å². The van der Waals surface area contributed by atoms with Gasteiger partial charge in [0, 0.05) is 0 Å². The second-order valence-electron chi connectivity index (χ2n) is 7.82. The fraction of sp³-hybridized carbons (Fsp3) is 0.172. The van der Waals surface area contributed by atoms with Crippen LogP contribution >= 0.6 is 24.2 Å². The quantitative estimate of drug-likeness (QED) is 0.177. The van der Waals surface area contributed by atoms with Gasteiger partial charge in [0.1, 0.15) is 28.9 Å². The number of rotatable bonds is 9. The summed E-state index contributed by atoms with van der Waals surface area (Å²) < 4.78 is 5.89. The van der Waals surface area contributed by atoms with Crippen LogP contribution in [0, 0.1) is 0 Å². The smallest absolute Gasteiger partial charge is 0.119 e. The lowest BCUT2D eigenvalue weighted by Crippen LogP contribution is -2.32. The summed E-state index contributed by atoms with van der Waals surface area (Å²) in [6.45, 7) is 2.97. The van der Waals surface area contributed by atoms with Gasteiger partial charge in [-0.3, -0.25) is 0 Å². The maximum absolute atomic E-state index is 5.89. The molecule has 164 valence electrons. The topological polar surface area (TPSA) is 9.23 Å². The van der Waals surface area contributed by atoms with E-state index in [2.05, 4.69) is 122 Å². The van der Waals surface area contributed by atoms with E-state index in [9.17, 15) is 0 Å². The molecule has 4 rings (SSSR count). The Bertz CT molecular complexity index is 954. The number of hydrogen-bond acceptors (Lipinski definition) is 1. The number of halogens is 1. The monoisotopic (exact) mass is 505 g/mol. The van der Waals surface area contributed by atoms with Crippen molar-refractivity contribution < 1.29 is 4.74 Å². The molecule has 0 aliphatic rings. The van der Waals surface area contributed by atoms with E-state index in [4.69, 9.17) is 4.74 Å². The average molecular weight is 506 g/mol. The maximum atomic E-state index is 5.89. The Hall–Kier alpha value is -2.41. The number of benzene rings is 4. The second-order valence-corrected chi connectivity index (χ2v) is 11.3. The van der Waals surface area contributed by atoms with Crippen molar-refractivity contribution in [3.05, 3.63) is 121 Å². The molecule has 0 N–H and O–H groups in total. The van der Waals surface area contributed by atoms with Crippen LogP contribution in [0.1, 0.15) is 25.3 Å². The third-order valence-electron chi connectivity index (χ3n) is 5.70. The molecule has 1 nitrogen and oxygen atoms in total. The van der Waals surface area contributed by atoms with Crippen LogP contribution in [0.2, 0.25) is 0 Å². The largest absolute Gasteiger partial charge is 0.494 e. The summed E-state index contributed by atoms with van der Waals surface area (Å²) in [5.41, 5.74) is 1.34. The first kappa shape index (κ1) is 24.2. The summed E-state index contributed by atoms with van der Waals surface area (Å²) in [7, 11) is -1.86. The summed E-state index contributed by atoms with van der Waals surface area (Å²) in [6.07, 6.45) is 3.23. The van der Waals surface area contributed by atoms with Crippen molar-refractivity contribution in [1.29, 1.82) is 0 Å². The molecule has 0 bridgehead atoms. The van der Waals surface area contributed by atoms with Gasteiger partial charge in [0.25, 0.3) is 0 Å². The molecule has 0 aliphatic carbocycles. The number of unbranched alkanes of at least 4 members (excludes halogenated alkanes) is 1. The lowest BCUT2D eigenvalue weighted by molar-refractivity contribution is 0.309. The fourth-order valence-corrected chi connectivity index (χ4v) is 8.31. The van der Waals surface area contributed by atoms with Gasteiger partial charge in [-0.05, 0) is 60.5 Å². The van der Waals surface area contributed by atoms with E-state index in [0.29, 0.717) is 0 Å². The molecule has 0 fully saturated rings. The minimum Gasteiger partial charge on any atom is -0.494 e. The zero-order valence-electron chi connectivity index (χ0n) is 18.6. The predicted octanol–water partition coefficient (Wildman–Crippen LogP) is 6.94. The van der Waals surface area contributed by atoms with Gasteiger partial charge in [0.2, 0.25) is 0 Å². The van der Waals surface area contributed by atoms with Gasteiger partial charge in [0.15, 0.2) is 0 Å². The van der Waals surface area contributed by atoms with E-state index < -0.39 is 7.26 Å². The average Bonchev–Trinajstić information content (AvgIpc) is 2.85. The molecular formula is C29H31BrOP+. The highest BCUT2D eigenvalue weighted by Gasteiger charge is 2.45. The molecule has 0 aliphatic heterocycles. The number of ether oxygens (including phenoxy) is 1. The molecule has 0 saturated carbocycles. The van der Waals surface area contributed by atoms with Crippen LogP contribution < -0.4 is 20.7 Å². The van der Waals surface area contributed by atoms with Crippen LogP contribution in [0.15, 0.2) is 115 Å². The van der Waals surface area contributed by atoms with Crippen LogP contribution in [-0.4, -0.2) is 6.61 Å². The molecule has 0 amide bonds. The van der Waals surface area contributed by atoms with Gasteiger partial charge in [-0.2, -0.15) is 0 Å². The molecule has 4 aromatic carbocycles. The Labute approximate surface area is 203 Å². The highest BCUT2D eigenvalue weighted by atomic mass is 79.9. The minimum absolute atomic E-state index is 0. The number of hydrogen-bond donors (Lipinski definition) is 0. The Kier molecular flexibility index (Phi) is 9.09. The molecule has 32 heavy (non-hydrogen) atoms. The van der Waals surface area contributed by atoms with E-state index in [1.807, 2.05) is 0 Å². The highest BCUT2D eigenvalue weighted by molar-refractivity contribution is 8.93. The molecule has 0 spiro atoms. The third-order valence-corrected chi connectivity index (χ3v) is 10.1. The Morgan fingerprint density at radius 3 is 1.44 bits per heavy atom. The molecule has 0 heterocycles. The first-order valence-electron chi connectivity index (χ1n) is 11.1. The summed E-state index contributed by atoms with van der Waals surface area (Å²) >= 11 is 0. The second kappa shape index (κ2) is 12.0. The minimum atomic E-state index is -1.86.